The summed E-state index contributed by atoms with van der Waals surface area (Å²) in [7, 11) is 0. The van der Waals surface area contributed by atoms with E-state index < -0.39 is 0 Å². The smallest absolute Gasteiger partial charge is 0.241 e. The summed E-state index contributed by atoms with van der Waals surface area (Å²) in [5.41, 5.74) is 1.23. The first kappa shape index (κ1) is 14.6. The fourth-order valence-corrected chi connectivity index (χ4v) is 3.98. The van der Waals surface area contributed by atoms with E-state index >= 15 is 0 Å². The van der Waals surface area contributed by atoms with Crippen LogP contribution in [0, 0.1) is 11.8 Å². The van der Waals surface area contributed by atoms with Crippen molar-refractivity contribution in [1.82, 2.24) is 10.2 Å². The summed E-state index contributed by atoms with van der Waals surface area (Å²) in [5, 5.41) is 3.41. The van der Waals surface area contributed by atoms with Gasteiger partial charge < -0.3 is 4.90 Å². The van der Waals surface area contributed by atoms with E-state index in [1.54, 1.807) is 0 Å². The van der Waals surface area contributed by atoms with Crippen molar-refractivity contribution in [2.75, 3.05) is 6.67 Å². The Balaban J connectivity index is 1.63. The van der Waals surface area contributed by atoms with Crippen LogP contribution in [0.2, 0.25) is 0 Å². The average molecular weight is 286 g/mol. The van der Waals surface area contributed by atoms with Gasteiger partial charge in [-0.2, -0.15) is 0 Å². The predicted molar refractivity (Wildman–Crippen MR) is 84.7 cm³/mol. The van der Waals surface area contributed by atoms with Crippen LogP contribution in [-0.4, -0.2) is 29.6 Å². The second-order valence-electron chi connectivity index (χ2n) is 6.88. The van der Waals surface area contributed by atoms with Gasteiger partial charge in [-0.05, 0) is 43.1 Å². The number of carbonyl (C=O) groups excluding carboxylic acids is 1. The molecule has 1 heterocycles. The molecule has 2 aliphatic rings. The fraction of sp³-hybridized carbons (Fsp3) is 0.611. The number of amides is 1. The summed E-state index contributed by atoms with van der Waals surface area (Å²) in [6.45, 7) is 5.35. The van der Waals surface area contributed by atoms with Gasteiger partial charge in [0.25, 0.3) is 0 Å². The third-order valence-corrected chi connectivity index (χ3v) is 5.16. The highest BCUT2D eigenvalue weighted by molar-refractivity contribution is 5.84. The normalized spacial score (nSPS) is 33.4. The Hall–Kier alpha value is -1.35. The standard InChI is InChI=1S/C18H26N2O/c1-13-8-9-17(14(2)10-13)20-12-19-16(18(20)21)11-15-6-4-3-5-7-15/h3-7,13-14,16-17,19H,8-12H2,1-2H3. The molecule has 4 atom stereocenters. The largest absolute Gasteiger partial charge is 0.325 e. The molecule has 3 heteroatoms. The van der Waals surface area contributed by atoms with Crippen molar-refractivity contribution in [2.24, 2.45) is 11.8 Å². The van der Waals surface area contributed by atoms with Gasteiger partial charge in [-0.1, -0.05) is 44.2 Å². The molecule has 1 saturated heterocycles. The molecule has 3 rings (SSSR count). The Bertz CT molecular complexity index is 487. The van der Waals surface area contributed by atoms with Crippen LogP contribution in [0.4, 0.5) is 0 Å². The Morgan fingerprint density at radius 1 is 1.19 bits per heavy atom. The van der Waals surface area contributed by atoms with Gasteiger partial charge in [0.2, 0.25) is 5.91 Å². The van der Waals surface area contributed by atoms with Crippen LogP contribution < -0.4 is 5.32 Å². The second-order valence-corrected chi connectivity index (χ2v) is 6.88. The lowest BCUT2D eigenvalue weighted by Crippen LogP contribution is -2.45. The first-order valence-electron chi connectivity index (χ1n) is 8.23. The molecule has 3 nitrogen and oxygen atoms in total. The summed E-state index contributed by atoms with van der Waals surface area (Å²) in [5.74, 6) is 1.72. The lowest BCUT2D eigenvalue weighted by Gasteiger charge is -2.38. The summed E-state index contributed by atoms with van der Waals surface area (Å²) in [6, 6.07) is 10.7. The third-order valence-electron chi connectivity index (χ3n) is 5.16. The monoisotopic (exact) mass is 286 g/mol. The van der Waals surface area contributed by atoms with Gasteiger partial charge in [-0.3, -0.25) is 10.1 Å². The molecule has 1 aliphatic carbocycles. The Morgan fingerprint density at radius 2 is 1.95 bits per heavy atom. The Morgan fingerprint density at radius 3 is 2.67 bits per heavy atom. The predicted octanol–water partition coefficient (Wildman–Crippen LogP) is 2.81. The first-order chi connectivity index (χ1) is 10.1. The van der Waals surface area contributed by atoms with Crippen LogP contribution in [0.5, 0.6) is 0 Å². The molecular formula is C18H26N2O. The number of carbonyl (C=O) groups is 1. The maximum Gasteiger partial charge on any atom is 0.241 e. The number of nitrogens with zero attached hydrogens (tertiary/aromatic N) is 1. The zero-order valence-corrected chi connectivity index (χ0v) is 13.1. The highest BCUT2D eigenvalue weighted by atomic mass is 16.2. The minimum Gasteiger partial charge on any atom is -0.325 e. The number of hydrogen-bond donors (Lipinski definition) is 1. The van der Waals surface area contributed by atoms with Crippen LogP contribution in [0.25, 0.3) is 0 Å². The molecule has 1 amide bonds. The first-order valence-corrected chi connectivity index (χ1v) is 8.23. The quantitative estimate of drug-likeness (QED) is 0.926. The molecule has 0 aromatic heterocycles. The highest BCUT2D eigenvalue weighted by Gasteiger charge is 2.39. The van der Waals surface area contributed by atoms with Crippen LogP contribution in [0.15, 0.2) is 30.3 Å². The molecule has 1 aromatic rings. The van der Waals surface area contributed by atoms with Gasteiger partial charge >= 0.3 is 0 Å². The lowest BCUT2D eigenvalue weighted by molar-refractivity contribution is -0.132. The van der Waals surface area contributed by atoms with Gasteiger partial charge in [0, 0.05) is 6.04 Å². The average Bonchev–Trinajstić information content (AvgIpc) is 2.82. The minimum atomic E-state index is -0.0426. The van der Waals surface area contributed by atoms with Gasteiger partial charge in [0.15, 0.2) is 0 Å². The zero-order chi connectivity index (χ0) is 14.8. The molecule has 4 unspecified atom stereocenters. The Kier molecular flexibility index (Phi) is 4.29. The van der Waals surface area contributed by atoms with E-state index in [9.17, 15) is 4.79 Å². The van der Waals surface area contributed by atoms with Crippen LogP contribution in [0.1, 0.15) is 38.7 Å². The fourth-order valence-electron chi connectivity index (χ4n) is 3.98. The number of hydrogen-bond acceptors (Lipinski definition) is 2. The lowest BCUT2D eigenvalue weighted by atomic mass is 9.79. The van der Waals surface area contributed by atoms with Crippen molar-refractivity contribution < 1.29 is 4.79 Å². The zero-order valence-electron chi connectivity index (χ0n) is 13.1. The molecule has 114 valence electrons. The van der Waals surface area contributed by atoms with Crippen LogP contribution in [0.3, 0.4) is 0 Å². The molecule has 2 fully saturated rings. The molecule has 0 spiro atoms. The van der Waals surface area contributed by atoms with E-state index in [-0.39, 0.29) is 6.04 Å². The van der Waals surface area contributed by atoms with Gasteiger partial charge in [-0.25, -0.2) is 0 Å². The second kappa shape index (κ2) is 6.18. The summed E-state index contributed by atoms with van der Waals surface area (Å²) in [6.07, 6.45) is 4.46. The van der Waals surface area contributed by atoms with Crippen molar-refractivity contribution in [3.05, 3.63) is 35.9 Å². The molecule has 1 aromatic carbocycles. The number of rotatable bonds is 3. The molecular weight excluding hydrogens is 260 g/mol. The van der Waals surface area contributed by atoms with Gasteiger partial charge in [0.1, 0.15) is 0 Å². The minimum absolute atomic E-state index is 0.0426. The summed E-state index contributed by atoms with van der Waals surface area (Å²) >= 11 is 0. The topological polar surface area (TPSA) is 32.3 Å². The molecule has 0 radical (unpaired) electrons. The van der Waals surface area contributed by atoms with E-state index in [4.69, 9.17) is 0 Å². The van der Waals surface area contributed by atoms with Crippen molar-refractivity contribution in [3.63, 3.8) is 0 Å². The molecule has 1 N–H and O–H groups in total. The Labute approximate surface area is 127 Å². The number of nitrogens with one attached hydrogen (secondary N) is 1. The van der Waals surface area contributed by atoms with Crippen LogP contribution in [-0.2, 0) is 11.2 Å². The highest BCUT2D eigenvalue weighted by Crippen LogP contribution is 2.33. The van der Waals surface area contributed by atoms with E-state index in [1.165, 1.54) is 18.4 Å². The maximum atomic E-state index is 12.7. The maximum absolute atomic E-state index is 12.7. The molecule has 21 heavy (non-hydrogen) atoms. The van der Waals surface area contributed by atoms with Gasteiger partial charge in [-0.15, -0.1) is 0 Å². The van der Waals surface area contributed by atoms with E-state index in [2.05, 4.69) is 36.2 Å². The van der Waals surface area contributed by atoms with Crippen molar-refractivity contribution in [3.8, 4) is 0 Å². The van der Waals surface area contributed by atoms with Crippen LogP contribution >= 0.6 is 0 Å². The van der Waals surface area contributed by atoms with E-state index in [1.807, 2.05) is 18.2 Å². The summed E-state index contributed by atoms with van der Waals surface area (Å²) in [4.78, 5) is 14.8. The molecule has 1 aliphatic heterocycles. The summed E-state index contributed by atoms with van der Waals surface area (Å²) < 4.78 is 0. The third kappa shape index (κ3) is 3.13. The van der Waals surface area contributed by atoms with E-state index in [0.29, 0.717) is 17.9 Å². The van der Waals surface area contributed by atoms with Crippen molar-refractivity contribution >= 4 is 5.91 Å². The van der Waals surface area contributed by atoms with Crippen molar-refractivity contribution in [1.29, 1.82) is 0 Å². The SMILES string of the molecule is CC1CCC(N2CNC(Cc3ccccc3)C2=O)C(C)C1. The molecule has 1 saturated carbocycles. The molecule has 0 bridgehead atoms. The van der Waals surface area contributed by atoms with E-state index in [0.717, 1.165) is 25.4 Å². The number of benzene rings is 1. The van der Waals surface area contributed by atoms with Crippen molar-refractivity contribution in [2.45, 2.75) is 51.6 Å². The van der Waals surface area contributed by atoms with Gasteiger partial charge in [0.05, 0.1) is 12.7 Å².